The SMILES string of the molecule is COc1ccc(S(=O)(=O)N2CCCOCC2)cc1CN. The van der Waals surface area contributed by atoms with E-state index in [1.807, 2.05) is 0 Å². The monoisotopic (exact) mass is 300 g/mol. The highest BCUT2D eigenvalue weighted by molar-refractivity contribution is 7.89. The average molecular weight is 300 g/mol. The maximum atomic E-state index is 12.6. The van der Waals surface area contributed by atoms with E-state index in [1.54, 1.807) is 18.2 Å². The number of benzene rings is 1. The van der Waals surface area contributed by atoms with Crippen molar-refractivity contribution >= 4 is 10.0 Å². The third-order valence-corrected chi connectivity index (χ3v) is 5.19. The highest BCUT2D eigenvalue weighted by atomic mass is 32.2. The van der Waals surface area contributed by atoms with Crippen molar-refractivity contribution in [3.63, 3.8) is 0 Å². The molecule has 0 radical (unpaired) electrons. The molecule has 1 aromatic carbocycles. The van der Waals surface area contributed by atoms with Crippen molar-refractivity contribution in [1.82, 2.24) is 4.31 Å². The topological polar surface area (TPSA) is 81.9 Å². The zero-order chi connectivity index (χ0) is 14.6. The van der Waals surface area contributed by atoms with Crippen molar-refractivity contribution in [1.29, 1.82) is 0 Å². The lowest BCUT2D eigenvalue weighted by Crippen LogP contribution is -2.33. The Hall–Kier alpha value is -1.15. The Morgan fingerprint density at radius 1 is 1.35 bits per heavy atom. The van der Waals surface area contributed by atoms with Crippen LogP contribution in [0.5, 0.6) is 5.75 Å². The van der Waals surface area contributed by atoms with Crippen LogP contribution >= 0.6 is 0 Å². The maximum absolute atomic E-state index is 12.6. The van der Waals surface area contributed by atoms with Gasteiger partial charge in [0.1, 0.15) is 5.75 Å². The van der Waals surface area contributed by atoms with Gasteiger partial charge in [-0.3, -0.25) is 0 Å². The van der Waals surface area contributed by atoms with Crippen LogP contribution in [0.1, 0.15) is 12.0 Å². The Balaban J connectivity index is 2.33. The number of hydrogen-bond acceptors (Lipinski definition) is 5. The molecule has 0 bridgehead atoms. The van der Waals surface area contributed by atoms with Crippen molar-refractivity contribution in [2.24, 2.45) is 5.73 Å². The minimum Gasteiger partial charge on any atom is -0.496 e. The molecule has 1 fully saturated rings. The van der Waals surface area contributed by atoms with E-state index in [0.29, 0.717) is 44.0 Å². The lowest BCUT2D eigenvalue weighted by Gasteiger charge is -2.20. The van der Waals surface area contributed by atoms with Gasteiger partial charge in [-0.25, -0.2) is 8.42 Å². The average Bonchev–Trinajstić information content (AvgIpc) is 2.76. The lowest BCUT2D eigenvalue weighted by atomic mass is 10.2. The van der Waals surface area contributed by atoms with Gasteiger partial charge in [-0.05, 0) is 24.6 Å². The molecule has 6 nitrogen and oxygen atoms in total. The minimum atomic E-state index is -3.50. The second-order valence-corrected chi connectivity index (χ2v) is 6.49. The normalized spacial score (nSPS) is 17.7. The molecule has 1 aliphatic heterocycles. The fourth-order valence-electron chi connectivity index (χ4n) is 2.19. The molecule has 0 spiro atoms. The molecule has 0 saturated carbocycles. The van der Waals surface area contributed by atoms with Crippen molar-refractivity contribution in [2.45, 2.75) is 17.9 Å². The van der Waals surface area contributed by atoms with Crippen molar-refractivity contribution < 1.29 is 17.9 Å². The standard InChI is InChI=1S/C13H20N2O4S/c1-18-13-4-3-12(9-11(13)10-14)20(16,17)15-5-2-7-19-8-6-15/h3-4,9H,2,5-8,10,14H2,1H3. The van der Waals surface area contributed by atoms with Gasteiger partial charge in [0, 0.05) is 31.8 Å². The molecule has 112 valence electrons. The molecule has 0 amide bonds. The predicted octanol–water partition coefficient (Wildman–Crippen LogP) is 0.565. The molecule has 0 aliphatic carbocycles. The summed E-state index contributed by atoms with van der Waals surface area (Å²) in [5.74, 6) is 0.602. The molecule has 1 saturated heterocycles. The predicted molar refractivity (Wildman–Crippen MR) is 75.1 cm³/mol. The zero-order valence-electron chi connectivity index (χ0n) is 11.5. The van der Waals surface area contributed by atoms with E-state index in [0.717, 1.165) is 0 Å². The first-order valence-corrected chi connectivity index (χ1v) is 7.98. The summed E-state index contributed by atoms with van der Waals surface area (Å²) >= 11 is 0. The summed E-state index contributed by atoms with van der Waals surface area (Å²) in [5, 5.41) is 0. The molecule has 2 rings (SSSR count). The van der Waals surface area contributed by atoms with Crippen molar-refractivity contribution in [3.8, 4) is 5.75 Å². The molecule has 7 heteroatoms. The van der Waals surface area contributed by atoms with Crippen LogP contribution in [0.3, 0.4) is 0 Å². The van der Waals surface area contributed by atoms with Gasteiger partial charge >= 0.3 is 0 Å². The summed E-state index contributed by atoms with van der Waals surface area (Å²) < 4.78 is 37.1. The van der Waals surface area contributed by atoms with Crippen molar-refractivity contribution in [2.75, 3.05) is 33.4 Å². The Labute approximate surface area is 119 Å². The van der Waals surface area contributed by atoms with Crippen LogP contribution in [0.15, 0.2) is 23.1 Å². The molecule has 1 heterocycles. The van der Waals surface area contributed by atoms with E-state index < -0.39 is 10.0 Å². The quantitative estimate of drug-likeness (QED) is 0.879. The van der Waals surface area contributed by atoms with Crippen LogP contribution in [-0.2, 0) is 21.3 Å². The lowest BCUT2D eigenvalue weighted by molar-refractivity contribution is 0.148. The summed E-state index contributed by atoms with van der Waals surface area (Å²) in [6.45, 7) is 2.12. The van der Waals surface area contributed by atoms with Gasteiger partial charge in [-0.2, -0.15) is 4.31 Å². The molecule has 1 aliphatic rings. The highest BCUT2D eigenvalue weighted by Gasteiger charge is 2.26. The first-order chi connectivity index (χ1) is 9.59. The van der Waals surface area contributed by atoms with E-state index in [4.69, 9.17) is 15.2 Å². The summed E-state index contributed by atoms with van der Waals surface area (Å²) in [6, 6.07) is 4.78. The maximum Gasteiger partial charge on any atom is 0.243 e. The molecule has 0 atom stereocenters. The minimum absolute atomic E-state index is 0.232. The van der Waals surface area contributed by atoms with Crippen LogP contribution in [-0.4, -0.2) is 46.1 Å². The van der Waals surface area contributed by atoms with Gasteiger partial charge in [-0.1, -0.05) is 0 Å². The van der Waals surface area contributed by atoms with Gasteiger partial charge in [0.15, 0.2) is 0 Å². The summed E-state index contributed by atoms with van der Waals surface area (Å²) in [5.41, 5.74) is 6.31. The van der Waals surface area contributed by atoms with Crippen LogP contribution in [0.25, 0.3) is 0 Å². The fourth-order valence-corrected chi connectivity index (χ4v) is 3.70. The van der Waals surface area contributed by atoms with Gasteiger partial charge < -0.3 is 15.2 Å². The summed E-state index contributed by atoms with van der Waals surface area (Å²) in [4.78, 5) is 0.251. The van der Waals surface area contributed by atoms with Crippen LogP contribution < -0.4 is 10.5 Å². The molecule has 2 N–H and O–H groups in total. The first kappa shape index (κ1) is 15.2. The Bertz CT molecular complexity index is 551. The third-order valence-electron chi connectivity index (χ3n) is 3.29. The van der Waals surface area contributed by atoms with E-state index in [1.165, 1.54) is 11.4 Å². The highest BCUT2D eigenvalue weighted by Crippen LogP contribution is 2.24. The van der Waals surface area contributed by atoms with Gasteiger partial charge in [0.25, 0.3) is 0 Å². The number of sulfonamides is 1. The van der Waals surface area contributed by atoms with E-state index in [9.17, 15) is 8.42 Å². The smallest absolute Gasteiger partial charge is 0.243 e. The molecular formula is C13H20N2O4S. The Morgan fingerprint density at radius 3 is 2.85 bits per heavy atom. The number of ether oxygens (including phenoxy) is 2. The van der Waals surface area contributed by atoms with E-state index in [2.05, 4.69) is 0 Å². The first-order valence-electron chi connectivity index (χ1n) is 6.54. The van der Waals surface area contributed by atoms with Gasteiger partial charge in [0.2, 0.25) is 10.0 Å². The summed E-state index contributed by atoms with van der Waals surface area (Å²) in [6.07, 6.45) is 0.707. The largest absolute Gasteiger partial charge is 0.496 e. The van der Waals surface area contributed by atoms with Crippen LogP contribution in [0.4, 0.5) is 0 Å². The molecule has 1 aromatic rings. The van der Waals surface area contributed by atoms with Crippen LogP contribution in [0.2, 0.25) is 0 Å². The van der Waals surface area contributed by atoms with Gasteiger partial charge in [0.05, 0.1) is 18.6 Å². The number of nitrogens with two attached hydrogens (primary N) is 1. The van der Waals surface area contributed by atoms with Gasteiger partial charge in [-0.15, -0.1) is 0 Å². The second kappa shape index (κ2) is 6.53. The fraction of sp³-hybridized carbons (Fsp3) is 0.538. The molecule has 20 heavy (non-hydrogen) atoms. The molecule has 0 aromatic heterocycles. The number of hydrogen-bond donors (Lipinski definition) is 1. The Kier molecular flexibility index (Phi) is 4.98. The van der Waals surface area contributed by atoms with Crippen LogP contribution in [0, 0.1) is 0 Å². The number of methoxy groups -OCH3 is 1. The molecule has 0 unspecified atom stereocenters. The Morgan fingerprint density at radius 2 is 2.15 bits per heavy atom. The number of nitrogens with zero attached hydrogens (tertiary/aromatic N) is 1. The molecular weight excluding hydrogens is 280 g/mol. The van der Waals surface area contributed by atoms with Crippen molar-refractivity contribution in [3.05, 3.63) is 23.8 Å². The van der Waals surface area contributed by atoms with E-state index >= 15 is 0 Å². The second-order valence-electron chi connectivity index (χ2n) is 4.55. The summed E-state index contributed by atoms with van der Waals surface area (Å²) in [7, 11) is -1.96. The zero-order valence-corrected chi connectivity index (χ0v) is 12.4. The number of rotatable bonds is 4. The van der Waals surface area contributed by atoms with E-state index in [-0.39, 0.29) is 11.4 Å². The third kappa shape index (κ3) is 3.12.